The fourth-order valence-corrected chi connectivity index (χ4v) is 0. The first-order valence-corrected chi connectivity index (χ1v) is 4.85. The Kier molecular flexibility index (Phi) is 3.30. The van der Waals surface area contributed by atoms with Crippen molar-refractivity contribution in [2.75, 3.05) is 0 Å². The number of hydrogen-bond donors (Lipinski definition) is 0. The molecule has 0 fully saturated rings. The molecular formula is C2H3ClIO-. The van der Waals surface area contributed by atoms with Gasteiger partial charge in [-0.05, 0) is 0 Å². The van der Waals surface area contributed by atoms with E-state index in [4.69, 9.17) is 8.91 Å². The predicted molar refractivity (Wildman–Crippen MR) is 16.5 cm³/mol. The monoisotopic (exact) mass is 205 g/mol. The summed E-state index contributed by atoms with van der Waals surface area (Å²) in [4.78, 5) is 9.73. The summed E-state index contributed by atoms with van der Waals surface area (Å²) < 4.78 is 0.130. The predicted octanol–water partition coefficient (Wildman–Crippen LogP) is -2.22. The standard InChI is InChI=1S/C2H3ClIO/c1-2(5)4-3/h1H3/q-1. The molecule has 0 aliphatic heterocycles. The van der Waals surface area contributed by atoms with Gasteiger partial charge in [-0.25, -0.2) is 0 Å². The van der Waals surface area contributed by atoms with Crippen LogP contribution in [0.2, 0.25) is 0 Å². The van der Waals surface area contributed by atoms with Gasteiger partial charge >= 0.3 is 44.5 Å². The van der Waals surface area contributed by atoms with Gasteiger partial charge in [-0.2, -0.15) is 0 Å². The zero-order chi connectivity index (χ0) is 4.28. The van der Waals surface area contributed by atoms with Gasteiger partial charge in [-0.1, -0.05) is 0 Å². The van der Waals surface area contributed by atoms with Crippen molar-refractivity contribution >= 4 is 12.7 Å². The summed E-state index contributed by atoms with van der Waals surface area (Å²) >= 11 is -0.619. The molecule has 5 heavy (non-hydrogen) atoms. The molecule has 0 bridgehead atoms. The van der Waals surface area contributed by atoms with Crippen LogP contribution < -0.4 is 20.1 Å². The summed E-state index contributed by atoms with van der Waals surface area (Å²) in [5, 5.41) is 0. The van der Waals surface area contributed by atoms with Gasteiger partial charge in [0.2, 0.25) is 0 Å². The Bertz CT molecular complexity index is 44.9. The fraction of sp³-hybridized carbons (Fsp3) is 0.500. The van der Waals surface area contributed by atoms with Crippen LogP contribution in [0.15, 0.2) is 0 Å². The van der Waals surface area contributed by atoms with E-state index in [1.807, 2.05) is 0 Å². The van der Waals surface area contributed by atoms with Gasteiger partial charge in [0.15, 0.2) is 0 Å². The third-order valence-corrected chi connectivity index (χ3v) is 2.02. The second-order valence-corrected chi connectivity index (χ2v) is 3.43. The topological polar surface area (TPSA) is 17.1 Å². The average Bonchev–Trinajstić information content (AvgIpc) is 1.38. The van der Waals surface area contributed by atoms with E-state index in [9.17, 15) is 4.79 Å². The van der Waals surface area contributed by atoms with Crippen LogP contribution in [0.1, 0.15) is 6.92 Å². The van der Waals surface area contributed by atoms with Crippen LogP contribution in [0.5, 0.6) is 0 Å². The molecule has 0 radical (unpaired) electrons. The van der Waals surface area contributed by atoms with Crippen molar-refractivity contribution in [1.29, 1.82) is 0 Å². The van der Waals surface area contributed by atoms with Crippen LogP contribution in [0.25, 0.3) is 0 Å². The second kappa shape index (κ2) is 2.90. The van der Waals surface area contributed by atoms with Crippen LogP contribution in [0.3, 0.4) is 0 Å². The second-order valence-electron chi connectivity index (χ2n) is 0.542. The molecule has 3 heteroatoms. The van der Waals surface area contributed by atoms with Crippen molar-refractivity contribution in [2.24, 2.45) is 0 Å². The molecule has 0 aliphatic carbocycles. The van der Waals surface area contributed by atoms with Crippen molar-refractivity contribution in [1.82, 2.24) is 0 Å². The number of rotatable bonds is 1. The summed E-state index contributed by atoms with van der Waals surface area (Å²) in [6, 6.07) is 0. The van der Waals surface area contributed by atoms with Crippen LogP contribution in [0, 0.1) is 0 Å². The molecule has 1 nitrogen and oxygen atoms in total. The van der Waals surface area contributed by atoms with E-state index in [0.717, 1.165) is 0 Å². The van der Waals surface area contributed by atoms with Gasteiger partial charge in [0.05, 0.1) is 0 Å². The summed E-state index contributed by atoms with van der Waals surface area (Å²) in [5.41, 5.74) is 0. The van der Waals surface area contributed by atoms with Gasteiger partial charge in [-0.15, -0.1) is 0 Å². The number of hydrogen-bond acceptors (Lipinski definition) is 1. The normalized spacial score (nSPS) is 8.40. The van der Waals surface area contributed by atoms with Gasteiger partial charge in [0.1, 0.15) is 0 Å². The maximum atomic E-state index is 9.73. The molecule has 0 saturated carbocycles. The molecule has 0 atom stereocenters. The number of carbonyl (C=O) groups excluding carboxylic acids is 1. The van der Waals surface area contributed by atoms with E-state index < -0.39 is 20.1 Å². The number of halogens is 2. The summed E-state index contributed by atoms with van der Waals surface area (Å²) in [6.07, 6.45) is 0. The minimum absolute atomic E-state index is 0.130. The van der Waals surface area contributed by atoms with Gasteiger partial charge in [0, 0.05) is 0 Å². The first-order valence-electron chi connectivity index (χ1n) is 1.04. The Morgan fingerprint density at radius 1 is 2.00 bits per heavy atom. The zero-order valence-corrected chi connectivity index (χ0v) is 5.58. The third kappa shape index (κ3) is 4.69. The first kappa shape index (κ1) is 5.69. The van der Waals surface area contributed by atoms with Gasteiger partial charge in [-0.3, -0.25) is 0 Å². The first-order chi connectivity index (χ1) is 2.27. The summed E-state index contributed by atoms with van der Waals surface area (Å²) in [6.45, 7) is 1.50. The van der Waals surface area contributed by atoms with E-state index in [1.54, 1.807) is 0 Å². The van der Waals surface area contributed by atoms with E-state index >= 15 is 0 Å². The molecule has 0 aliphatic rings. The Hall–Kier alpha value is 0.690. The van der Waals surface area contributed by atoms with Crippen molar-refractivity contribution in [3.05, 3.63) is 0 Å². The molecule has 0 saturated heterocycles. The third-order valence-electron chi connectivity index (χ3n) is 0.101. The molecule has 0 rings (SSSR count). The number of carbonyl (C=O) groups is 1. The molecular weight excluding hydrogens is 202 g/mol. The summed E-state index contributed by atoms with van der Waals surface area (Å²) in [7, 11) is 5.10. The minimum atomic E-state index is -0.619. The van der Waals surface area contributed by atoms with E-state index in [2.05, 4.69) is 0 Å². The van der Waals surface area contributed by atoms with Crippen LogP contribution in [-0.2, 0) is 4.79 Å². The quantitative estimate of drug-likeness (QED) is 0.350. The average molecular weight is 205 g/mol. The molecule has 0 amide bonds. The van der Waals surface area contributed by atoms with Crippen molar-refractivity contribution in [2.45, 2.75) is 6.92 Å². The van der Waals surface area contributed by atoms with Crippen molar-refractivity contribution in [3.63, 3.8) is 0 Å². The zero-order valence-electron chi connectivity index (χ0n) is 2.66. The Labute approximate surface area is 44.7 Å². The van der Waals surface area contributed by atoms with Crippen LogP contribution >= 0.6 is 8.91 Å². The molecule has 0 spiro atoms. The molecule has 0 N–H and O–H groups in total. The molecule has 0 heterocycles. The Morgan fingerprint density at radius 3 is 2.20 bits per heavy atom. The van der Waals surface area contributed by atoms with E-state index in [-0.39, 0.29) is 3.79 Å². The Balaban J connectivity index is 2.85. The molecule has 0 aromatic rings. The van der Waals surface area contributed by atoms with E-state index in [1.165, 1.54) is 6.92 Å². The summed E-state index contributed by atoms with van der Waals surface area (Å²) in [5.74, 6) is 0. The SMILES string of the molecule is CC(=O)[I-]Cl. The van der Waals surface area contributed by atoms with Crippen molar-refractivity contribution in [3.8, 4) is 0 Å². The fourth-order valence-electron chi connectivity index (χ4n) is 0. The van der Waals surface area contributed by atoms with Crippen LogP contribution in [0.4, 0.5) is 0 Å². The molecule has 0 unspecified atom stereocenters. The van der Waals surface area contributed by atoms with Crippen LogP contribution in [-0.4, -0.2) is 3.79 Å². The Morgan fingerprint density at radius 2 is 2.20 bits per heavy atom. The maximum absolute atomic E-state index is 9.73. The van der Waals surface area contributed by atoms with Gasteiger partial charge in [0.25, 0.3) is 0 Å². The molecule has 0 aromatic carbocycles. The molecule has 32 valence electrons. The molecule has 0 aromatic heterocycles. The van der Waals surface area contributed by atoms with Crippen molar-refractivity contribution < 1.29 is 24.9 Å². The van der Waals surface area contributed by atoms with E-state index in [0.29, 0.717) is 0 Å². The van der Waals surface area contributed by atoms with Gasteiger partial charge < -0.3 is 0 Å².